The third-order valence-corrected chi connectivity index (χ3v) is 10.6. The van der Waals surface area contributed by atoms with Crippen molar-refractivity contribution >= 4 is 20.0 Å². The largest absolute Gasteiger partial charge is 0.379 e. The summed E-state index contributed by atoms with van der Waals surface area (Å²) < 4.78 is 60.6. The average molecular weight is 443 g/mol. The lowest BCUT2D eigenvalue weighted by Crippen LogP contribution is -2.52. The maximum atomic E-state index is 13.4. The minimum atomic E-state index is -3.64. The summed E-state index contributed by atoms with van der Waals surface area (Å²) >= 11 is 0. The van der Waals surface area contributed by atoms with Crippen molar-refractivity contribution in [3.8, 4) is 0 Å². The van der Waals surface area contributed by atoms with Crippen LogP contribution in [0.3, 0.4) is 0 Å². The molecule has 3 atom stereocenters. The van der Waals surface area contributed by atoms with Crippen molar-refractivity contribution in [1.29, 1.82) is 0 Å². The van der Waals surface area contributed by atoms with Gasteiger partial charge in [0, 0.05) is 25.7 Å². The van der Waals surface area contributed by atoms with Gasteiger partial charge in [-0.2, -0.15) is 8.61 Å². The fourth-order valence-corrected chi connectivity index (χ4v) is 8.15. The van der Waals surface area contributed by atoms with Crippen LogP contribution in [-0.4, -0.2) is 64.3 Å². The number of piperidine rings is 1. The van der Waals surface area contributed by atoms with Crippen LogP contribution >= 0.6 is 0 Å². The lowest BCUT2D eigenvalue weighted by Gasteiger charge is -2.46. The number of fused-ring (bicyclic) bond motifs is 1. The maximum Gasteiger partial charge on any atom is 0.243 e. The van der Waals surface area contributed by atoms with Crippen LogP contribution in [0.25, 0.3) is 0 Å². The molecule has 3 fully saturated rings. The Hall–Kier alpha value is -1.00. The second kappa shape index (κ2) is 8.26. The zero-order valence-electron chi connectivity index (χ0n) is 16.9. The van der Waals surface area contributed by atoms with Crippen molar-refractivity contribution in [3.05, 3.63) is 24.3 Å². The summed E-state index contributed by atoms with van der Waals surface area (Å²) in [6.07, 6.45) is 5.13. The van der Waals surface area contributed by atoms with Gasteiger partial charge in [-0.3, -0.25) is 0 Å². The van der Waals surface area contributed by atoms with Gasteiger partial charge in [-0.15, -0.1) is 0 Å². The van der Waals surface area contributed by atoms with Crippen LogP contribution < -0.4 is 0 Å². The minimum absolute atomic E-state index is 0.0641. The Morgan fingerprint density at radius 2 is 1.41 bits per heavy atom. The van der Waals surface area contributed by atoms with Crippen LogP contribution in [0.2, 0.25) is 0 Å². The molecular weight excluding hydrogens is 412 g/mol. The molecule has 29 heavy (non-hydrogen) atoms. The van der Waals surface area contributed by atoms with Crippen molar-refractivity contribution in [3.63, 3.8) is 0 Å². The van der Waals surface area contributed by atoms with Gasteiger partial charge in [-0.1, -0.05) is 19.8 Å². The van der Waals surface area contributed by atoms with E-state index in [-0.39, 0.29) is 15.8 Å². The highest BCUT2D eigenvalue weighted by Gasteiger charge is 2.43. The molecule has 2 heterocycles. The first-order chi connectivity index (χ1) is 13.8. The third-order valence-electron chi connectivity index (χ3n) is 6.73. The van der Waals surface area contributed by atoms with E-state index in [1.165, 1.54) is 35.0 Å². The molecule has 0 spiro atoms. The summed E-state index contributed by atoms with van der Waals surface area (Å²) in [7, 11) is -7.27. The van der Waals surface area contributed by atoms with Gasteiger partial charge in [-0.05, 0) is 55.4 Å². The Balaban J connectivity index is 1.58. The van der Waals surface area contributed by atoms with E-state index in [1.807, 2.05) is 0 Å². The van der Waals surface area contributed by atoms with Gasteiger partial charge in [0.15, 0.2) is 0 Å². The van der Waals surface area contributed by atoms with Gasteiger partial charge >= 0.3 is 0 Å². The van der Waals surface area contributed by atoms with E-state index in [9.17, 15) is 16.8 Å². The number of benzene rings is 1. The van der Waals surface area contributed by atoms with Crippen LogP contribution in [-0.2, 0) is 24.8 Å². The van der Waals surface area contributed by atoms with E-state index >= 15 is 0 Å². The first-order valence-electron chi connectivity index (χ1n) is 10.5. The predicted molar refractivity (Wildman–Crippen MR) is 109 cm³/mol. The van der Waals surface area contributed by atoms with Gasteiger partial charge in [0.1, 0.15) is 0 Å². The standard InChI is InChI=1S/C20H30N2O5S2/c1-16-10-11-22(20-5-3-2-4-19(16)20)29(25,26)18-8-6-17(7-9-18)28(23,24)21-12-14-27-15-13-21/h6-9,16,19-20H,2-5,10-15H2,1H3. The molecule has 1 saturated carbocycles. The first kappa shape index (κ1) is 21.2. The van der Waals surface area contributed by atoms with Gasteiger partial charge in [0.05, 0.1) is 23.0 Å². The van der Waals surface area contributed by atoms with Gasteiger partial charge < -0.3 is 4.74 Å². The number of nitrogens with zero attached hydrogens (tertiary/aromatic N) is 2. The predicted octanol–water partition coefficient (Wildman–Crippen LogP) is 2.30. The third kappa shape index (κ3) is 3.99. The summed E-state index contributed by atoms with van der Waals surface area (Å²) in [6, 6.07) is 5.79. The lowest BCUT2D eigenvalue weighted by atomic mass is 9.74. The molecule has 0 amide bonds. The van der Waals surface area contributed by atoms with Crippen LogP contribution in [0.4, 0.5) is 0 Å². The average Bonchev–Trinajstić information content (AvgIpc) is 2.75. The smallest absolute Gasteiger partial charge is 0.243 e. The Morgan fingerprint density at radius 1 is 0.828 bits per heavy atom. The molecule has 0 N–H and O–H groups in total. The maximum absolute atomic E-state index is 13.4. The van der Waals surface area contributed by atoms with Crippen LogP contribution in [0.1, 0.15) is 39.0 Å². The van der Waals surface area contributed by atoms with E-state index < -0.39 is 20.0 Å². The van der Waals surface area contributed by atoms with Crippen molar-refractivity contribution in [2.75, 3.05) is 32.8 Å². The quantitative estimate of drug-likeness (QED) is 0.714. The zero-order valence-corrected chi connectivity index (χ0v) is 18.5. The summed E-state index contributed by atoms with van der Waals surface area (Å²) in [6.45, 7) is 4.16. The summed E-state index contributed by atoms with van der Waals surface area (Å²) in [4.78, 5) is 0.304. The van der Waals surface area contributed by atoms with E-state index in [0.29, 0.717) is 44.7 Å². The van der Waals surface area contributed by atoms with Crippen LogP contribution in [0.15, 0.2) is 34.1 Å². The molecule has 0 radical (unpaired) electrons. The molecule has 0 bridgehead atoms. The molecule has 0 aromatic heterocycles. The van der Waals surface area contributed by atoms with Crippen molar-refractivity contribution in [1.82, 2.24) is 8.61 Å². The number of sulfonamides is 2. The normalized spacial score (nSPS) is 30.0. The molecule has 2 saturated heterocycles. The Kier molecular flexibility index (Phi) is 6.05. The van der Waals surface area contributed by atoms with E-state index in [2.05, 4.69) is 6.92 Å². The highest BCUT2D eigenvalue weighted by Crippen LogP contribution is 2.41. The second-order valence-electron chi connectivity index (χ2n) is 8.39. The van der Waals surface area contributed by atoms with Crippen molar-refractivity contribution in [2.45, 2.75) is 54.9 Å². The number of hydrogen-bond donors (Lipinski definition) is 0. The minimum Gasteiger partial charge on any atom is -0.379 e. The van der Waals surface area contributed by atoms with E-state index in [4.69, 9.17) is 4.74 Å². The number of hydrogen-bond acceptors (Lipinski definition) is 5. The van der Waals surface area contributed by atoms with Gasteiger partial charge in [0.25, 0.3) is 0 Å². The summed E-state index contributed by atoms with van der Waals surface area (Å²) in [5.74, 6) is 0.973. The zero-order chi connectivity index (χ0) is 20.6. The van der Waals surface area contributed by atoms with E-state index in [0.717, 1.165) is 25.7 Å². The molecule has 4 rings (SSSR count). The van der Waals surface area contributed by atoms with Crippen molar-refractivity contribution < 1.29 is 21.6 Å². The van der Waals surface area contributed by atoms with Crippen LogP contribution in [0.5, 0.6) is 0 Å². The first-order valence-corrected chi connectivity index (χ1v) is 13.4. The molecule has 3 unspecified atom stereocenters. The molecule has 1 aromatic rings. The molecule has 1 aromatic carbocycles. The molecule has 1 aliphatic carbocycles. The highest BCUT2D eigenvalue weighted by atomic mass is 32.2. The lowest BCUT2D eigenvalue weighted by molar-refractivity contribution is 0.0730. The molecule has 3 aliphatic rings. The molecule has 9 heteroatoms. The monoisotopic (exact) mass is 442 g/mol. The SMILES string of the molecule is CC1CCN(S(=O)(=O)c2ccc(S(=O)(=O)N3CCOCC3)cc2)C2CCCCC12. The van der Waals surface area contributed by atoms with Gasteiger partial charge in [0.2, 0.25) is 20.0 Å². The fraction of sp³-hybridized carbons (Fsp3) is 0.700. The summed E-state index contributed by atoms with van der Waals surface area (Å²) in [5, 5.41) is 0. The molecule has 2 aliphatic heterocycles. The Labute approximate surface area is 174 Å². The highest BCUT2D eigenvalue weighted by molar-refractivity contribution is 7.89. The van der Waals surface area contributed by atoms with Crippen LogP contribution in [0, 0.1) is 11.8 Å². The van der Waals surface area contributed by atoms with Gasteiger partial charge in [-0.25, -0.2) is 16.8 Å². The summed E-state index contributed by atoms with van der Waals surface area (Å²) in [5.41, 5.74) is 0. The molecule has 7 nitrogen and oxygen atoms in total. The Bertz CT molecular complexity index is 924. The Morgan fingerprint density at radius 3 is 2.07 bits per heavy atom. The topological polar surface area (TPSA) is 84.0 Å². The second-order valence-corrected chi connectivity index (χ2v) is 12.2. The number of rotatable bonds is 4. The van der Waals surface area contributed by atoms with Crippen molar-refractivity contribution in [2.24, 2.45) is 11.8 Å². The number of ether oxygens (including phenoxy) is 1. The number of morpholine rings is 1. The molecular formula is C20H30N2O5S2. The molecule has 162 valence electrons. The van der Waals surface area contributed by atoms with E-state index in [1.54, 1.807) is 4.31 Å². The fourth-order valence-electron chi connectivity index (χ4n) is 5.03.